The number of rotatable bonds is 15. The van der Waals surface area contributed by atoms with Gasteiger partial charge in [0.05, 0.1) is 13.2 Å². The van der Waals surface area contributed by atoms with E-state index in [4.69, 9.17) is 14.2 Å². The molecular formula is C42H47N5O6. The van der Waals surface area contributed by atoms with Gasteiger partial charge < -0.3 is 24.6 Å². The quantitative estimate of drug-likeness (QED) is 0.119. The van der Waals surface area contributed by atoms with Crippen molar-refractivity contribution in [3.63, 3.8) is 0 Å². The van der Waals surface area contributed by atoms with Crippen LogP contribution >= 0.6 is 0 Å². The number of nitrogens with one attached hydrogen (secondary N) is 1. The molecule has 11 heteroatoms. The highest BCUT2D eigenvalue weighted by atomic mass is 16.5. The van der Waals surface area contributed by atoms with E-state index in [0.29, 0.717) is 48.3 Å². The van der Waals surface area contributed by atoms with E-state index in [1.165, 1.54) is 0 Å². The third kappa shape index (κ3) is 9.29. The first kappa shape index (κ1) is 37.2. The fraction of sp³-hybridized carbons (Fsp3) is 0.333. The normalized spacial score (nSPS) is 13.9. The van der Waals surface area contributed by atoms with Gasteiger partial charge >= 0.3 is 5.97 Å². The Bertz CT molecular complexity index is 1970. The molecule has 1 saturated heterocycles. The molecule has 276 valence electrons. The minimum atomic E-state index is -1.13. The summed E-state index contributed by atoms with van der Waals surface area (Å²) in [7, 11) is 0. The number of carbonyl (C=O) groups excluding carboxylic acids is 1. The largest absolute Gasteiger partial charge is 0.488 e. The van der Waals surface area contributed by atoms with Gasteiger partial charge in [-0.25, -0.2) is 9.48 Å². The van der Waals surface area contributed by atoms with E-state index in [-0.39, 0.29) is 24.1 Å². The Hall–Kier alpha value is -5.52. The number of aliphatic carboxylic acids is 1. The van der Waals surface area contributed by atoms with E-state index in [0.717, 1.165) is 41.9 Å². The summed E-state index contributed by atoms with van der Waals surface area (Å²) in [5.74, 6) is -0.913. The second kappa shape index (κ2) is 17.3. The van der Waals surface area contributed by atoms with Gasteiger partial charge in [0.1, 0.15) is 42.1 Å². The third-order valence-corrected chi connectivity index (χ3v) is 9.26. The molecule has 0 aliphatic carbocycles. The maximum absolute atomic E-state index is 13.9. The Morgan fingerprint density at radius 2 is 1.42 bits per heavy atom. The number of benzene rings is 4. The highest BCUT2D eigenvalue weighted by molar-refractivity contribution is 6.00. The molecule has 0 spiro atoms. The number of carboxylic acids is 1. The van der Waals surface area contributed by atoms with Gasteiger partial charge in [-0.05, 0) is 40.2 Å². The lowest BCUT2D eigenvalue weighted by Gasteiger charge is -2.26. The molecule has 1 aromatic heterocycles. The molecule has 1 unspecified atom stereocenters. The maximum atomic E-state index is 13.9. The smallest absolute Gasteiger partial charge is 0.326 e. The van der Waals surface area contributed by atoms with Crippen LogP contribution in [-0.2, 0) is 29.3 Å². The van der Waals surface area contributed by atoms with Crippen molar-refractivity contribution < 1.29 is 28.9 Å². The molecule has 4 aromatic carbocycles. The van der Waals surface area contributed by atoms with Crippen molar-refractivity contribution in [1.29, 1.82) is 0 Å². The van der Waals surface area contributed by atoms with Crippen LogP contribution in [0, 0.1) is 5.92 Å². The monoisotopic (exact) mass is 717 g/mol. The number of hydrogen-bond acceptors (Lipinski definition) is 8. The predicted octanol–water partition coefficient (Wildman–Crippen LogP) is 6.89. The fourth-order valence-corrected chi connectivity index (χ4v) is 6.26. The molecule has 6 rings (SSSR count). The van der Waals surface area contributed by atoms with Crippen molar-refractivity contribution in [3.05, 3.63) is 125 Å². The van der Waals surface area contributed by atoms with Gasteiger partial charge in [0, 0.05) is 31.3 Å². The number of hydrogen-bond donors (Lipinski definition) is 2. The number of aromatic nitrogens is 3. The van der Waals surface area contributed by atoms with Crippen LogP contribution in [0.3, 0.4) is 0 Å². The molecule has 2 heterocycles. The Kier molecular flexibility index (Phi) is 12.2. The molecule has 0 radical (unpaired) electrons. The number of morpholine rings is 1. The molecule has 5 aromatic rings. The Morgan fingerprint density at radius 1 is 0.811 bits per heavy atom. The standard InChI is InChI=1S/C42H47N5O6/c1-28(2)34-23-35(37(53-27-32-13-9-6-10-14-32)24-36(34)52-26-31-11-7-5-8-12-31)47-40(39(44-45-47)41(48)43-38(29(3)4)42(49)50)33-17-15-30(16-18-33)25-46-19-21-51-22-20-46/h5-18,23-24,28-29,38H,19-22,25-27H2,1-4H3,(H,43,48)(H,49,50). The van der Waals surface area contributed by atoms with E-state index < -0.39 is 17.9 Å². The highest BCUT2D eigenvalue weighted by Gasteiger charge is 2.30. The minimum Gasteiger partial charge on any atom is -0.488 e. The van der Waals surface area contributed by atoms with Crippen LogP contribution in [0.15, 0.2) is 97.1 Å². The summed E-state index contributed by atoms with van der Waals surface area (Å²) in [4.78, 5) is 28.4. The molecule has 1 atom stereocenters. The molecule has 2 N–H and O–H groups in total. The van der Waals surface area contributed by atoms with E-state index >= 15 is 0 Å². The highest BCUT2D eigenvalue weighted by Crippen LogP contribution is 2.39. The summed E-state index contributed by atoms with van der Waals surface area (Å²) < 4.78 is 20.1. The van der Waals surface area contributed by atoms with Crippen molar-refractivity contribution in [1.82, 2.24) is 25.2 Å². The topological polar surface area (TPSA) is 128 Å². The van der Waals surface area contributed by atoms with Gasteiger partial charge in [-0.2, -0.15) is 0 Å². The van der Waals surface area contributed by atoms with Gasteiger partial charge in [-0.3, -0.25) is 9.69 Å². The molecule has 1 aliphatic heterocycles. The van der Waals surface area contributed by atoms with Crippen LogP contribution in [0.4, 0.5) is 0 Å². The van der Waals surface area contributed by atoms with E-state index in [1.807, 2.05) is 97.1 Å². The first-order valence-corrected chi connectivity index (χ1v) is 18.1. The molecule has 53 heavy (non-hydrogen) atoms. The first-order chi connectivity index (χ1) is 25.7. The molecular weight excluding hydrogens is 670 g/mol. The average Bonchev–Trinajstić information content (AvgIpc) is 3.61. The van der Waals surface area contributed by atoms with Crippen molar-refractivity contribution in [2.75, 3.05) is 26.3 Å². The summed E-state index contributed by atoms with van der Waals surface area (Å²) in [6.45, 7) is 12.2. The van der Waals surface area contributed by atoms with Crippen molar-refractivity contribution in [2.45, 2.75) is 59.4 Å². The Balaban J connectivity index is 1.46. The predicted molar refractivity (Wildman–Crippen MR) is 202 cm³/mol. The lowest BCUT2D eigenvalue weighted by molar-refractivity contribution is -0.140. The maximum Gasteiger partial charge on any atom is 0.326 e. The molecule has 0 bridgehead atoms. The van der Waals surface area contributed by atoms with Gasteiger partial charge in [0.15, 0.2) is 5.69 Å². The van der Waals surface area contributed by atoms with Crippen LogP contribution in [0.5, 0.6) is 11.5 Å². The van der Waals surface area contributed by atoms with Gasteiger partial charge in [0.2, 0.25) is 0 Å². The lowest BCUT2D eigenvalue weighted by atomic mass is 10.00. The molecule has 11 nitrogen and oxygen atoms in total. The van der Waals surface area contributed by atoms with Crippen LogP contribution in [0.25, 0.3) is 16.9 Å². The van der Waals surface area contributed by atoms with Crippen LogP contribution in [0.2, 0.25) is 0 Å². The Labute approximate surface area is 310 Å². The summed E-state index contributed by atoms with van der Waals surface area (Å²) in [6, 6.07) is 30.5. The second-order valence-electron chi connectivity index (χ2n) is 13.9. The van der Waals surface area contributed by atoms with E-state index in [9.17, 15) is 14.7 Å². The van der Waals surface area contributed by atoms with Crippen molar-refractivity contribution in [3.8, 4) is 28.4 Å². The van der Waals surface area contributed by atoms with Gasteiger partial charge in [0.25, 0.3) is 5.91 Å². The van der Waals surface area contributed by atoms with Gasteiger partial charge in [-0.15, -0.1) is 5.10 Å². The SMILES string of the molecule is CC(C)c1cc(-n2nnc(C(=O)NC(C(=O)O)C(C)C)c2-c2ccc(CN3CCOCC3)cc2)c(OCc2ccccc2)cc1OCc1ccccc1. The zero-order valence-electron chi connectivity index (χ0n) is 30.7. The minimum absolute atomic E-state index is 0.00217. The zero-order chi connectivity index (χ0) is 37.3. The number of amides is 1. The van der Waals surface area contributed by atoms with Crippen molar-refractivity contribution in [2.24, 2.45) is 5.92 Å². The number of carboxylic acid groups (broad SMARTS) is 1. The summed E-state index contributed by atoms with van der Waals surface area (Å²) >= 11 is 0. The fourth-order valence-electron chi connectivity index (χ4n) is 6.26. The summed E-state index contributed by atoms with van der Waals surface area (Å²) in [5.41, 5.74) is 5.70. The molecule has 1 aliphatic rings. The number of carbonyl (C=O) groups is 2. The summed E-state index contributed by atoms with van der Waals surface area (Å²) in [6.07, 6.45) is 0. The second-order valence-corrected chi connectivity index (χ2v) is 13.9. The van der Waals surface area contributed by atoms with E-state index in [1.54, 1.807) is 18.5 Å². The first-order valence-electron chi connectivity index (χ1n) is 18.1. The average molecular weight is 718 g/mol. The van der Waals surface area contributed by atoms with E-state index in [2.05, 4.69) is 34.4 Å². The summed E-state index contributed by atoms with van der Waals surface area (Å²) in [5, 5.41) is 21.5. The number of ether oxygens (including phenoxy) is 3. The van der Waals surface area contributed by atoms with Crippen LogP contribution in [-0.4, -0.2) is 69.2 Å². The molecule has 0 saturated carbocycles. The van der Waals surface area contributed by atoms with Gasteiger partial charge in [-0.1, -0.05) is 118 Å². The van der Waals surface area contributed by atoms with Crippen LogP contribution < -0.4 is 14.8 Å². The Morgan fingerprint density at radius 3 is 1.98 bits per heavy atom. The lowest BCUT2D eigenvalue weighted by Crippen LogP contribution is -2.44. The number of nitrogens with zero attached hydrogens (tertiary/aromatic N) is 4. The third-order valence-electron chi connectivity index (χ3n) is 9.26. The van der Waals surface area contributed by atoms with Crippen LogP contribution in [0.1, 0.15) is 66.4 Å². The zero-order valence-corrected chi connectivity index (χ0v) is 30.7. The molecule has 1 amide bonds. The molecule has 1 fully saturated rings. The van der Waals surface area contributed by atoms with Crippen molar-refractivity contribution >= 4 is 11.9 Å².